The summed E-state index contributed by atoms with van der Waals surface area (Å²) in [5.41, 5.74) is 1.89. The summed E-state index contributed by atoms with van der Waals surface area (Å²) in [5, 5.41) is 0. The van der Waals surface area contributed by atoms with E-state index in [1.54, 1.807) is 14.4 Å². The molecule has 1 N–H and O–H groups in total. The van der Waals surface area contributed by atoms with Crippen molar-refractivity contribution in [2.75, 3.05) is 19.7 Å². The topological polar surface area (TPSA) is 96.9 Å². The monoisotopic (exact) mass is 550 g/mol. The Kier molecular flexibility index (Phi) is 9.22. The number of aromatic nitrogens is 2. The minimum atomic E-state index is -0.651. The molecule has 216 valence electrons. The number of nitrogens with one attached hydrogen (secondary N) is 1. The van der Waals surface area contributed by atoms with Crippen molar-refractivity contribution in [1.29, 1.82) is 0 Å². The SMILES string of the molecule is CC(C)CC(COC(=O)N1CCC(n2c(=O)[nH]c3ccccc32)CC1)N(Cc1ccccc1)C(=O)OC(C)(C)C. The van der Waals surface area contributed by atoms with Crippen LogP contribution in [0.5, 0.6) is 0 Å². The second-order valence-electron chi connectivity index (χ2n) is 12.0. The van der Waals surface area contributed by atoms with Gasteiger partial charge in [-0.2, -0.15) is 0 Å². The molecular formula is C31H42N4O5. The Balaban J connectivity index is 1.42. The maximum absolute atomic E-state index is 13.3. The molecule has 2 aromatic carbocycles. The number of H-pyrrole nitrogens is 1. The molecule has 0 bridgehead atoms. The predicted molar refractivity (Wildman–Crippen MR) is 155 cm³/mol. The average molecular weight is 551 g/mol. The molecule has 0 radical (unpaired) electrons. The maximum Gasteiger partial charge on any atom is 0.410 e. The zero-order valence-corrected chi connectivity index (χ0v) is 24.3. The molecule has 9 heteroatoms. The van der Waals surface area contributed by atoms with E-state index in [4.69, 9.17) is 9.47 Å². The number of piperidine rings is 1. The van der Waals surface area contributed by atoms with E-state index in [1.807, 2.05) is 75.4 Å². The van der Waals surface area contributed by atoms with E-state index in [1.165, 1.54) is 0 Å². The van der Waals surface area contributed by atoms with E-state index in [0.717, 1.165) is 16.6 Å². The number of para-hydroxylation sites is 2. The highest BCUT2D eigenvalue weighted by Gasteiger charge is 2.32. The number of hydrogen-bond donors (Lipinski definition) is 1. The standard InChI is InChI=1S/C31H42N4O5/c1-22(2)19-25(34(30(38)40-31(3,4)5)20-23-11-7-6-8-12-23)21-39-29(37)33-17-15-24(16-18-33)35-27-14-10-9-13-26(27)32-28(35)36/h6-14,22,24-25H,15-21H2,1-5H3,(H,32,36). The summed E-state index contributed by atoms with van der Waals surface area (Å²) < 4.78 is 13.4. The Labute approximate surface area is 236 Å². The largest absolute Gasteiger partial charge is 0.447 e. The third-order valence-electron chi connectivity index (χ3n) is 7.12. The summed E-state index contributed by atoms with van der Waals surface area (Å²) in [6.07, 6.45) is 1.14. The molecule has 0 spiro atoms. The van der Waals surface area contributed by atoms with Gasteiger partial charge >= 0.3 is 17.9 Å². The number of carbonyl (C=O) groups excluding carboxylic acids is 2. The van der Waals surface area contributed by atoms with E-state index in [0.29, 0.717) is 38.9 Å². The zero-order valence-electron chi connectivity index (χ0n) is 24.3. The van der Waals surface area contributed by atoms with E-state index in [-0.39, 0.29) is 30.3 Å². The van der Waals surface area contributed by atoms with Crippen molar-refractivity contribution in [3.63, 3.8) is 0 Å². The van der Waals surface area contributed by atoms with Crippen molar-refractivity contribution in [2.45, 2.75) is 78.1 Å². The van der Waals surface area contributed by atoms with Gasteiger partial charge < -0.3 is 19.4 Å². The number of carbonyl (C=O) groups is 2. The number of fused-ring (bicyclic) bond motifs is 1. The van der Waals surface area contributed by atoms with Crippen molar-refractivity contribution in [3.05, 3.63) is 70.6 Å². The number of amides is 2. The van der Waals surface area contributed by atoms with Crippen LogP contribution in [-0.4, -0.2) is 62.9 Å². The molecule has 1 aliphatic heterocycles. The van der Waals surface area contributed by atoms with Gasteiger partial charge in [0, 0.05) is 25.7 Å². The molecular weight excluding hydrogens is 508 g/mol. The molecule has 1 saturated heterocycles. The molecule has 2 heterocycles. The van der Waals surface area contributed by atoms with Gasteiger partial charge in [0.2, 0.25) is 0 Å². The number of ether oxygens (including phenoxy) is 2. The molecule has 1 aromatic heterocycles. The Morgan fingerprint density at radius 3 is 2.33 bits per heavy atom. The second kappa shape index (κ2) is 12.6. The van der Waals surface area contributed by atoms with E-state index < -0.39 is 17.8 Å². The lowest BCUT2D eigenvalue weighted by atomic mass is 10.0. The minimum Gasteiger partial charge on any atom is -0.447 e. The predicted octanol–water partition coefficient (Wildman–Crippen LogP) is 5.96. The van der Waals surface area contributed by atoms with E-state index in [9.17, 15) is 14.4 Å². The summed E-state index contributed by atoms with van der Waals surface area (Å²) in [6.45, 7) is 11.1. The molecule has 0 aliphatic carbocycles. The summed E-state index contributed by atoms with van der Waals surface area (Å²) >= 11 is 0. The summed E-state index contributed by atoms with van der Waals surface area (Å²) in [5.74, 6) is 0.273. The van der Waals surface area contributed by atoms with Crippen LogP contribution in [0.1, 0.15) is 65.5 Å². The first-order valence-corrected chi connectivity index (χ1v) is 14.2. The molecule has 2 amide bonds. The third kappa shape index (κ3) is 7.46. The molecule has 1 atom stereocenters. The number of benzene rings is 2. The highest BCUT2D eigenvalue weighted by Crippen LogP contribution is 2.26. The van der Waals surface area contributed by atoms with Gasteiger partial charge in [0.15, 0.2) is 0 Å². The summed E-state index contributed by atoms with van der Waals surface area (Å²) in [7, 11) is 0. The third-order valence-corrected chi connectivity index (χ3v) is 7.12. The fraction of sp³-hybridized carbons (Fsp3) is 0.516. The van der Waals surface area contributed by atoms with E-state index in [2.05, 4.69) is 18.8 Å². The summed E-state index contributed by atoms with van der Waals surface area (Å²) in [4.78, 5) is 45.4. The van der Waals surface area contributed by atoms with Crippen molar-refractivity contribution in [2.24, 2.45) is 5.92 Å². The van der Waals surface area contributed by atoms with Crippen molar-refractivity contribution in [1.82, 2.24) is 19.4 Å². The van der Waals surface area contributed by atoms with Gasteiger partial charge in [-0.15, -0.1) is 0 Å². The van der Waals surface area contributed by atoms with Crippen LogP contribution in [0.25, 0.3) is 11.0 Å². The fourth-order valence-electron chi connectivity index (χ4n) is 5.27. The first kappa shape index (κ1) is 29.2. The lowest BCUT2D eigenvalue weighted by Gasteiger charge is -2.35. The van der Waals surface area contributed by atoms with Crippen LogP contribution in [0.3, 0.4) is 0 Å². The van der Waals surface area contributed by atoms with Crippen LogP contribution < -0.4 is 5.69 Å². The molecule has 9 nitrogen and oxygen atoms in total. The molecule has 4 rings (SSSR count). The van der Waals surface area contributed by atoms with Gasteiger partial charge in [0.1, 0.15) is 12.2 Å². The fourth-order valence-corrected chi connectivity index (χ4v) is 5.27. The van der Waals surface area contributed by atoms with Crippen LogP contribution >= 0.6 is 0 Å². The molecule has 0 saturated carbocycles. The Morgan fingerprint density at radius 2 is 1.68 bits per heavy atom. The Hall–Kier alpha value is -3.75. The maximum atomic E-state index is 13.3. The van der Waals surface area contributed by atoms with Gasteiger partial charge in [-0.1, -0.05) is 56.3 Å². The molecule has 1 fully saturated rings. The van der Waals surface area contributed by atoms with Crippen LogP contribution in [0.15, 0.2) is 59.4 Å². The normalized spacial score (nSPS) is 15.3. The average Bonchev–Trinajstić information content (AvgIpc) is 3.24. The van der Waals surface area contributed by atoms with Gasteiger partial charge in [-0.3, -0.25) is 9.47 Å². The second-order valence-corrected chi connectivity index (χ2v) is 12.0. The van der Waals surface area contributed by atoms with Crippen molar-refractivity contribution >= 4 is 23.2 Å². The van der Waals surface area contributed by atoms with Gasteiger partial charge in [-0.25, -0.2) is 14.4 Å². The lowest BCUT2D eigenvalue weighted by molar-refractivity contribution is -0.00131. The van der Waals surface area contributed by atoms with Crippen LogP contribution in [0.2, 0.25) is 0 Å². The van der Waals surface area contributed by atoms with Crippen LogP contribution in [0, 0.1) is 5.92 Å². The smallest absolute Gasteiger partial charge is 0.410 e. The Morgan fingerprint density at radius 1 is 1.02 bits per heavy atom. The van der Waals surface area contributed by atoms with Crippen molar-refractivity contribution < 1.29 is 19.1 Å². The number of rotatable bonds is 8. The summed E-state index contributed by atoms with van der Waals surface area (Å²) in [6, 6.07) is 17.1. The van der Waals surface area contributed by atoms with Crippen LogP contribution in [0.4, 0.5) is 9.59 Å². The number of nitrogens with zero attached hydrogens (tertiary/aromatic N) is 3. The molecule has 1 unspecified atom stereocenters. The van der Waals surface area contributed by atoms with Gasteiger partial charge in [0.25, 0.3) is 0 Å². The Bertz CT molecular complexity index is 1330. The van der Waals surface area contributed by atoms with Gasteiger partial charge in [0.05, 0.1) is 17.1 Å². The first-order valence-electron chi connectivity index (χ1n) is 14.2. The molecule has 3 aromatic rings. The van der Waals surface area contributed by atoms with Crippen LogP contribution in [-0.2, 0) is 16.0 Å². The molecule has 40 heavy (non-hydrogen) atoms. The highest BCUT2D eigenvalue weighted by molar-refractivity contribution is 5.75. The number of hydrogen-bond acceptors (Lipinski definition) is 5. The number of aromatic amines is 1. The van der Waals surface area contributed by atoms with E-state index >= 15 is 0 Å². The highest BCUT2D eigenvalue weighted by atomic mass is 16.6. The van der Waals surface area contributed by atoms with Crippen molar-refractivity contribution in [3.8, 4) is 0 Å². The lowest BCUT2D eigenvalue weighted by Crippen LogP contribution is -2.47. The number of likely N-dealkylation sites (tertiary alicyclic amines) is 1. The minimum absolute atomic E-state index is 0.00919. The first-order chi connectivity index (χ1) is 19.0. The number of imidazole rings is 1. The van der Waals surface area contributed by atoms with Gasteiger partial charge in [-0.05, 0) is 63.6 Å². The zero-order chi connectivity index (χ0) is 28.9. The molecule has 1 aliphatic rings. The quantitative estimate of drug-likeness (QED) is 0.374.